The van der Waals surface area contributed by atoms with Gasteiger partial charge in [0.1, 0.15) is 23.1 Å². The highest BCUT2D eigenvalue weighted by molar-refractivity contribution is 6.38. The van der Waals surface area contributed by atoms with E-state index in [1.807, 2.05) is 30.3 Å². The molecule has 2 aromatic carbocycles. The zero-order chi connectivity index (χ0) is 26.2. The number of carbonyl (C=O) groups is 2. The van der Waals surface area contributed by atoms with Gasteiger partial charge in [-0.2, -0.15) is 9.78 Å². The number of carbonyl (C=O) groups excluding carboxylic acids is 2. The van der Waals surface area contributed by atoms with Crippen LogP contribution in [0.3, 0.4) is 0 Å². The molecule has 7 rings (SSSR count). The second-order valence-electron chi connectivity index (χ2n) is 9.31. The number of aryl methyl sites for hydroxylation is 1. The Morgan fingerprint density at radius 2 is 1.89 bits per heavy atom. The first-order valence-electron chi connectivity index (χ1n) is 11.8. The van der Waals surface area contributed by atoms with Gasteiger partial charge >= 0.3 is 0 Å². The Morgan fingerprint density at radius 1 is 1.08 bits per heavy atom. The maximum Gasteiger partial charge on any atom is 0.243 e. The van der Waals surface area contributed by atoms with Crippen LogP contribution in [0.5, 0.6) is 0 Å². The van der Waals surface area contributed by atoms with Crippen LogP contribution in [0.1, 0.15) is 28.8 Å². The molecular formula is C26H18Cl2N8O2. The van der Waals surface area contributed by atoms with E-state index < -0.39 is 5.41 Å². The number of amides is 2. The second kappa shape index (κ2) is 8.11. The van der Waals surface area contributed by atoms with Crippen molar-refractivity contribution in [3.05, 3.63) is 87.5 Å². The van der Waals surface area contributed by atoms with E-state index in [-0.39, 0.29) is 24.8 Å². The number of anilines is 2. The Balaban J connectivity index is 1.50. The number of nitrogens with zero attached hydrogens (tertiary/aromatic N) is 6. The number of aromatic amines is 1. The highest BCUT2D eigenvalue weighted by atomic mass is 35.5. The zero-order valence-corrected chi connectivity index (χ0v) is 21.4. The molecule has 0 saturated heterocycles. The molecule has 0 radical (unpaired) electrons. The van der Waals surface area contributed by atoms with Gasteiger partial charge < -0.3 is 15.2 Å². The third-order valence-corrected chi connectivity index (χ3v) is 7.63. The molecule has 1 unspecified atom stereocenters. The summed E-state index contributed by atoms with van der Waals surface area (Å²) in [6.07, 6.45) is 2.76. The van der Waals surface area contributed by atoms with Crippen LogP contribution in [-0.2, 0) is 21.5 Å². The van der Waals surface area contributed by atoms with Gasteiger partial charge in [-0.1, -0.05) is 53.5 Å². The molecule has 2 N–H and O–H groups in total. The van der Waals surface area contributed by atoms with Crippen LogP contribution in [0.2, 0.25) is 10.0 Å². The van der Waals surface area contributed by atoms with Gasteiger partial charge in [-0.25, -0.2) is 15.0 Å². The van der Waals surface area contributed by atoms with Gasteiger partial charge in [0.2, 0.25) is 11.8 Å². The lowest BCUT2D eigenvalue weighted by Gasteiger charge is -2.33. The minimum Gasteiger partial charge on any atom is -0.340 e. The number of halogens is 2. The zero-order valence-electron chi connectivity index (χ0n) is 19.9. The Bertz CT molecular complexity index is 1800. The second-order valence-corrected chi connectivity index (χ2v) is 10.2. The first-order chi connectivity index (χ1) is 18.4. The molecular weight excluding hydrogens is 527 g/mol. The van der Waals surface area contributed by atoms with Crippen molar-refractivity contribution in [1.29, 1.82) is 0 Å². The van der Waals surface area contributed by atoms with Crippen molar-refractivity contribution >= 4 is 57.7 Å². The number of H-pyrrole nitrogens is 1. The van der Waals surface area contributed by atoms with Gasteiger partial charge in [-0.05, 0) is 30.2 Å². The molecule has 3 aromatic heterocycles. The summed E-state index contributed by atoms with van der Waals surface area (Å²) in [6.45, 7) is 2.08. The number of hydrogen-bond donors (Lipinski definition) is 2. The number of aromatic nitrogens is 6. The van der Waals surface area contributed by atoms with E-state index in [1.54, 1.807) is 24.0 Å². The Hall–Kier alpha value is -4.28. The molecule has 0 fully saturated rings. The summed E-state index contributed by atoms with van der Waals surface area (Å²) >= 11 is 13.2. The molecule has 2 amide bonds. The molecule has 2 aliphatic heterocycles. The van der Waals surface area contributed by atoms with Crippen LogP contribution in [0.25, 0.3) is 17.0 Å². The lowest BCUT2D eigenvalue weighted by Crippen LogP contribution is -2.46. The van der Waals surface area contributed by atoms with Crippen LogP contribution >= 0.6 is 23.2 Å². The average molecular weight is 545 g/mol. The van der Waals surface area contributed by atoms with Crippen LogP contribution in [-0.4, -0.2) is 41.5 Å². The maximum absolute atomic E-state index is 14.5. The summed E-state index contributed by atoms with van der Waals surface area (Å²) in [7, 11) is 0. The third-order valence-electron chi connectivity index (χ3n) is 7.13. The van der Waals surface area contributed by atoms with Crippen LogP contribution in [0, 0.1) is 6.92 Å². The molecule has 188 valence electrons. The fourth-order valence-electron chi connectivity index (χ4n) is 5.67. The predicted octanol–water partition coefficient (Wildman–Crippen LogP) is 4.33. The van der Waals surface area contributed by atoms with E-state index in [2.05, 4.69) is 25.3 Å². The normalized spacial score (nSPS) is 18.2. The van der Waals surface area contributed by atoms with E-state index in [0.29, 0.717) is 55.4 Å². The van der Waals surface area contributed by atoms with Gasteiger partial charge in [-0.15, -0.1) is 0 Å². The fraction of sp³-hybridized carbons (Fsp3) is 0.154. The molecule has 5 heterocycles. The molecule has 12 heteroatoms. The molecule has 0 aliphatic carbocycles. The maximum atomic E-state index is 14.5. The highest BCUT2D eigenvalue weighted by Gasteiger charge is 2.58. The quantitative estimate of drug-likeness (QED) is 0.348. The van der Waals surface area contributed by atoms with Crippen molar-refractivity contribution in [1.82, 2.24) is 29.7 Å². The molecule has 10 nitrogen and oxygen atoms in total. The van der Waals surface area contributed by atoms with Crippen molar-refractivity contribution in [3.63, 3.8) is 0 Å². The summed E-state index contributed by atoms with van der Waals surface area (Å²) in [5, 5.41) is 8.37. The van der Waals surface area contributed by atoms with E-state index in [4.69, 9.17) is 28.3 Å². The first-order valence-corrected chi connectivity index (χ1v) is 12.5. The van der Waals surface area contributed by atoms with E-state index in [0.717, 1.165) is 5.56 Å². The van der Waals surface area contributed by atoms with Crippen molar-refractivity contribution in [2.24, 2.45) is 0 Å². The van der Waals surface area contributed by atoms with Crippen molar-refractivity contribution < 1.29 is 9.59 Å². The Labute approximate surface area is 225 Å². The predicted molar refractivity (Wildman–Crippen MR) is 142 cm³/mol. The van der Waals surface area contributed by atoms with Gasteiger partial charge in [0.05, 0.1) is 29.3 Å². The SMILES string of the molecule is Cc1nn(-c2ncnc3nc[nH]c23)c2c1C1(CC(=O)N2)C(=O)N(Cc2ccccc2)c2c(Cl)cc(Cl)cc21. The van der Waals surface area contributed by atoms with Gasteiger partial charge in [0, 0.05) is 17.0 Å². The smallest absolute Gasteiger partial charge is 0.243 e. The van der Waals surface area contributed by atoms with E-state index in [9.17, 15) is 9.59 Å². The van der Waals surface area contributed by atoms with Crippen molar-refractivity contribution in [2.75, 3.05) is 10.2 Å². The van der Waals surface area contributed by atoms with Crippen LogP contribution < -0.4 is 10.2 Å². The number of rotatable bonds is 3. The molecule has 38 heavy (non-hydrogen) atoms. The van der Waals surface area contributed by atoms with Gasteiger partial charge in [0.25, 0.3) is 0 Å². The molecule has 2 aliphatic rings. The summed E-state index contributed by atoms with van der Waals surface area (Å²) in [5.41, 5.74) is 2.78. The lowest BCUT2D eigenvalue weighted by molar-refractivity contribution is -0.126. The van der Waals surface area contributed by atoms with Crippen molar-refractivity contribution in [3.8, 4) is 5.82 Å². The standard InChI is InChI=1S/C26H18Cl2N8O2/c1-13-19-23(36(34-13)24-20-22(30-11-29-20)31-12-32-24)33-18(37)9-26(19)16-7-15(27)8-17(28)21(16)35(25(26)38)10-14-5-3-2-4-6-14/h2-8,11-12H,9-10H2,1H3,(H,33,37)(H,29,30,31,32). The van der Waals surface area contributed by atoms with Crippen LogP contribution in [0.15, 0.2) is 55.1 Å². The number of nitrogens with one attached hydrogen (secondary N) is 2. The molecule has 5 aromatic rings. The number of imidazole rings is 1. The van der Waals surface area contributed by atoms with Gasteiger partial charge in [-0.3, -0.25) is 9.59 Å². The Kier molecular flexibility index (Phi) is 4.88. The fourth-order valence-corrected chi connectivity index (χ4v) is 6.26. The monoisotopic (exact) mass is 544 g/mol. The van der Waals surface area contributed by atoms with Crippen LogP contribution in [0.4, 0.5) is 11.5 Å². The number of fused-ring (bicyclic) bond motifs is 5. The average Bonchev–Trinajstić information content (AvgIpc) is 3.56. The lowest BCUT2D eigenvalue weighted by atomic mass is 9.70. The van der Waals surface area contributed by atoms with Gasteiger partial charge in [0.15, 0.2) is 11.5 Å². The highest BCUT2D eigenvalue weighted by Crippen LogP contribution is 2.56. The molecule has 0 saturated carbocycles. The molecule has 1 atom stereocenters. The summed E-state index contributed by atoms with van der Waals surface area (Å²) in [4.78, 5) is 45.3. The van der Waals surface area contributed by atoms with Crippen molar-refractivity contribution in [2.45, 2.75) is 25.3 Å². The minimum absolute atomic E-state index is 0.121. The number of hydrogen-bond acceptors (Lipinski definition) is 6. The minimum atomic E-state index is -1.38. The summed E-state index contributed by atoms with van der Waals surface area (Å²) in [5.74, 6) is 0.134. The molecule has 1 spiro atoms. The number of benzene rings is 2. The Morgan fingerprint density at radius 3 is 2.71 bits per heavy atom. The van der Waals surface area contributed by atoms with E-state index >= 15 is 0 Å². The topological polar surface area (TPSA) is 122 Å². The van der Waals surface area contributed by atoms with E-state index in [1.165, 1.54) is 17.3 Å². The summed E-state index contributed by atoms with van der Waals surface area (Å²) < 4.78 is 1.52. The summed E-state index contributed by atoms with van der Waals surface area (Å²) in [6, 6.07) is 13.0. The largest absolute Gasteiger partial charge is 0.340 e. The first kappa shape index (κ1) is 22.9. The third kappa shape index (κ3) is 3.07. The molecule has 0 bridgehead atoms.